The fourth-order valence-electron chi connectivity index (χ4n) is 4.19. The molecule has 1 atom stereocenters. The van der Waals surface area contributed by atoms with E-state index in [4.69, 9.17) is 4.74 Å². The predicted molar refractivity (Wildman–Crippen MR) is 140 cm³/mol. The average Bonchev–Trinajstić information content (AvgIpc) is 3.62. The zero-order valence-corrected chi connectivity index (χ0v) is 22.3. The maximum atomic E-state index is 15.2. The van der Waals surface area contributed by atoms with Crippen LogP contribution in [0.2, 0.25) is 0 Å². The minimum Gasteiger partial charge on any atom is -0.442 e. The highest BCUT2D eigenvalue weighted by atomic mass is 32.1. The van der Waals surface area contributed by atoms with Crippen molar-refractivity contribution in [3.8, 4) is 0 Å². The molecule has 2 aromatic rings. The van der Waals surface area contributed by atoms with Crippen molar-refractivity contribution in [2.45, 2.75) is 13.0 Å². The van der Waals surface area contributed by atoms with Crippen molar-refractivity contribution in [3.05, 3.63) is 63.3 Å². The summed E-state index contributed by atoms with van der Waals surface area (Å²) < 4.78 is 35.7. The Labute approximate surface area is 226 Å². The Balaban J connectivity index is 1.36. The molecule has 2 aliphatic heterocycles. The standard InChI is InChI=1S/C23H28F2N8O5S/c1-4-30(9-7-26-28(2)22(34)19-5-6-20(39-19)33(36)37)21-17(24)11-15(12-18(21)25)32-14-16(38-23(32)35)13-31-10-8-27-29(31)3/h5-6,8,10-12,16,26-27H,4,7,9,13-14H2,1-3H3/t16-/m0/s1. The number of carbonyl (C=O) groups excluding carboxylic acids is 2. The summed E-state index contributed by atoms with van der Waals surface area (Å²) in [7, 11) is 3.25. The number of hydrazine groups is 3. The monoisotopic (exact) mass is 566 g/mol. The lowest BCUT2D eigenvalue weighted by Crippen LogP contribution is -2.43. The molecule has 1 aromatic heterocycles. The van der Waals surface area contributed by atoms with Gasteiger partial charge in [0.2, 0.25) is 0 Å². The number of amides is 2. The third kappa shape index (κ3) is 6.18. The summed E-state index contributed by atoms with van der Waals surface area (Å²) in [5, 5.41) is 15.4. The number of hydrogen-bond acceptors (Lipinski definition) is 11. The van der Waals surface area contributed by atoms with Gasteiger partial charge in [-0.05, 0) is 13.0 Å². The third-order valence-corrected chi connectivity index (χ3v) is 7.21. The van der Waals surface area contributed by atoms with Gasteiger partial charge in [0.15, 0.2) is 11.6 Å². The van der Waals surface area contributed by atoms with Crippen molar-refractivity contribution < 1.29 is 28.0 Å². The number of likely N-dealkylation sites (N-methyl/N-ethyl adjacent to an activating group) is 1. The Hall–Kier alpha value is -4.02. The second kappa shape index (κ2) is 11.8. The van der Waals surface area contributed by atoms with Crippen LogP contribution in [0.3, 0.4) is 0 Å². The van der Waals surface area contributed by atoms with Gasteiger partial charge in [0.05, 0.1) is 23.7 Å². The first-order valence-electron chi connectivity index (χ1n) is 12.0. The molecule has 0 aliphatic carbocycles. The summed E-state index contributed by atoms with van der Waals surface area (Å²) in [5.41, 5.74) is 5.58. The number of rotatable bonds is 11. The van der Waals surface area contributed by atoms with E-state index >= 15 is 8.78 Å². The zero-order chi connectivity index (χ0) is 28.3. The molecule has 1 fully saturated rings. The Bertz CT molecular complexity index is 1250. The Morgan fingerprint density at radius 1 is 1.33 bits per heavy atom. The van der Waals surface area contributed by atoms with Gasteiger partial charge in [-0.3, -0.25) is 29.8 Å². The number of nitrogens with one attached hydrogen (secondary N) is 2. The van der Waals surface area contributed by atoms with Crippen LogP contribution in [0.5, 0.6) is 0 Å². The van der Waals surface area contributed by atoms with Crippen molar-refractivity contribution in [2.24, 2.45) is 0 Å². The van der Waals surface area contributed by atoms with Gasteiger partial charge in [-0.25, -0.2) is 19.0 Å². The highest BCUT2D eigenvalue weighted by Crippen LogP contribution is 2.31. The molecule has 0 spiro atoms. The van der Waals surface area contributed by atoms with Crippen LogP contribution in [-0.2, 0) is 4.74 Å². The van der Waals surface area contributed by atoms with E-state index in [0.717, 1.165) is 23.5 Å². The molecule has 0 saturated carbocycles. The fraction of sp³-hybridized carbons (Fsp3) is 0.391. The smallest absolute Gasteiger partial charge is 0.414 e. The maximum absolute atomic E-state index is 15.2. The molecule has 1 aromatic carbocycles. The van der Waals surface area contributed by atoms with Crippen LogP contribution in [-0.4, -0.2) is 85.0 Å². The van der Waals surface area contributed by atoms with Crippen molar-refractivity contribution in [3.63, 3.8) is 0 Å². The summed E-state index contributed by atoms with van der Waals surface area (Å²) in [4.78, 5) is 38.1. The van der Waals surface area contributed by atoms with Crippen molar-refractivity contribution in [1.82, 2.24) is 26.0 Å². The molecule has 0 radical (unpaired) electrons. The highest BCUT2D eigenvalue weighted by Gasteiger charge is 2.35. The first kappa shape index (κ1) is 28.0. The summed E-state index contributed by atoms with van der Waals surface area (Å²) in [6, 6.07) is 4.82. The lowest BCUT2D eigenvalue weighted by atomic mass is 10.2. The summed E-state index contributed by atoms with van der Waals surface area (Å²) >= 11 is 0.755. The molecule has 3 heterocycles. The van der Waals surface area contributed by atoms with E-state index < -0.39 is 34.7 Å². The Morgan fingerprint density at radius 2 is 2.05 bits per heavy atom. The van der Waals surface area contributed by atoms with E-state index in [-0.39, 0.29) is 47.4 Å². The number of halogens is 2. The number of carbonyl (C=O) groups is 2. The number of nitrogens with zero attached hydrogens (tertiary/aromatic N) is 6. The Kier molecular flexibility index (Phi) is 8.47. The van der Waals surface area contributed by atoms with Crippen LogP contribution < -0.4 is 20.7 Å². The molecular formula is C23H28F2N8O5S. The number of cyclic esters (lactones) is 1. The molecule has 0 bridgehead atoms. The van der Waals surface area contributed by atoms with Gasteiger partial charge in [0.1, 0.15) is 16.7 Å². The number of ether oxygens (including phenoxy) is 1. The van der Waals surface area contributed by atoms with Gasteiger partial charge in [0, 0.05) is 64.3 Å². The van der Waals surface area contributed by atoms with Crippen molar-refractivity contribution >= 4 is 39.7 Å². The van der Waals surface area contributed by atoms with Crippen LogP contribution in [0.15, 0.2) is 36.7 Å². The van der Waals surface area contributed by atoms with E-state index in [1.165, 1.54) is 34.0 Å². The molecule has 210 valence electrons. The van der Waals surface area contributed by atoms with Crippen LogP contribution in [0.4, 0.5) is 30.0 Å². The van der Waals surface area contributed by atoms with Crippen LogP contribution in [0.25, 0.3) is 0 Å². The van der Waals surface area contributed by atoms with Gasteiger partial charge >= 0.3 is 11.1 Å². The SMILES string of the molecule is CCN(CCNN(C)C(=O)c1ccc([N+](=O)[O-])s1)c1c(F)cc(N2C[C@H](CN3C=CNN3C)OC2=O)cc1F. The molecule has 39 heavy (non-hydrogen) atoms. The van der Waals surface area contributed by atoms with Gasteiger partial charge in [-0.1, -0.05) is 11.3 Å². The molecule has 1 saturated heterocycles. The summed E-state index contributed by atoms with van der Waals surface area (Å²) in [6.07, 6.45) is 2.31. The first-order chi connectivity index (χ1) is 18.6. The van der Waals surface area contributed by atoms with Gasteiger partial charge in [0.25, 0.3) is 5.91 Å². The molecule has 4 rings (SSSR count). The van der Waals surface area contributed by atoms with E-state index in [1.54, 1.807) is 36.5 Å². The second-order valence-corrected chi connectivity index (χ2v) is 9.77. The number of thiophene rings is 1. The average molecular weight is 567 g/mol. The number of anilines is 2. The molecule has 16 heteroatoms. The van der Waals surface area contributed by atoms with Gasteiger partial charge in [-0.15, -0.1) is 5.12 Å². The van der Waals surface area contributed by atoms with E-state index in [2.05, 4.69) is 10.9 Å². The topological polar surface area (TPSA) is 127 Å². The highest BCUT2D eigenvalue weighted by molar-refractivity contribution is 7.17. The van der Waals surface area contributed by atoms with E-state index in [0.29, 0.717) is 6.54 Å². The number of nitro groups is 1. The minimum atomic E-state index is -0.843. The molecule has 2 aliphatic rings. The quantitative estimate of drug-likeness (QED) is 0.309. The largest absolute Gasteiger partial charge is 0.442 e. The minimum absolute atomic E-state index is 0.0502. The Morgan fingerprint density at radius 3 is 2.64 bits per heavy atom. The van der Waals surface area contributed by atoms with Gasteiger partial charge in [-0.2, -0.15) is 0 Å². The van der Waals surface area contributed by atoms with Crippen molar-refractivity contribution in [2.75, 3.05) is 56.6 Å². The fourth-order valence-corrected chi connectivity index (χ4v) is 4.99. The van der Waals surface area contributed by atoms with Gasteiger partial charge < -0.3 is 15.1 Å². The molecule has 13 nitrogen and oxygen atoms in total. The molecule has 0 unspecified atom stereocenters. The first-order valence-corrected chi connectivity index (χ1v) is 12.8. The molecule has 2 amide bonds. The van der Waals surface area contributed by atoms with Crippen LogP contribution in [0.1, 0.15) is 16.6 Å². The number of benzene rings is 1. The van der Waals surface area contributed by atoms with Crippen molar-refractivity contribution in [1.29, 1.82) is 0 Å². The second-order valence-electron chi connectivity index (χ2n) is 8.71. The molecule has 2 N–H and O–H groups in total. The third-order valence-electron chi connectivity index (χ3n) is 6.19. The predicted octanol–water partition coefficient (Wildman–Crippen LogP) is 2.50. The van der Waals surface area contributed by atoms with Crippen LogP contribution >= 0.6 is 11.3 Å². The van der Waals surface area contributed by atoms with E-state index in [9.17, 15) is 19.7 Å². The lowest BCUT2D eigenvalue weighted by Gasteiger charge is -2.27. The number of hydrogen-bond donors (Lipinski definition) is 2. The normalized spacial score (nSPS) is 16.9. The van der Waals surface area contributed by atoms with E-state index in [1.807, 2.05) is 0 Å². The zero-order valence-electron chi connectivity index (χ0n) is 21.5. The molecular weight excluding hydrogens is 538 g/mol. The van der Waals surface area contributed by atoms with Crippen LogP contribution in [0, 0.1) is 21.7 Å². The summed E-state index contributed by atoms with van der Waals surface area (Å²) in [5.74, 6) is -2.16. The maximum Gasteiger partial charge on any atom is 0.414 e. The summed E-state index contributed by atoms with van der Waals surface area (Å²) in [6.45, 7) is 2.78. The lowest BCUT2D eigenvalue weighted by molar-refractivity contribution is -0.380.